The average Bonchev–Trinajstić information content (AvgIpc) is 3.22. The largest absolute Gasteiger partial charge is 0.497 e. The number of benzene rings is 1. The van der Waals surface area contributed by atoms with Gasteiger partial charge < -0.3 is 9.64 Å². The number of ether oxygens (including phenoxy) is 1. The molecule has 1 aliphatic heterocycles. The number of hydrogen-bond donors (Lipinski definition) is 1. The Morgan fingerprint density at radius 1 is 1.36 bits per heavy atom. The topological polar surface area (TPSA) is 58.2 Å². The molecule has 1 aromatic carbocycles. The van der Waals surface area contributed by atoms with E-state index in [4.69, 9.17) is 4.74 Å². The molecule has 0 spiro atoms. The summed E-state index contributed by atoms with van der Waals surface area (Å²) in [6.07, 6.45) is 2.84. The van der Waals surface area contributed by atoms with E-state index >= 15 is 0 Å². The molecule has 1 N–H and O–H groups in total. The van der Waals surface area contributed by atoms with Gasteiger partial charge in [0, 0.05) is 17.8 Å². The molecular formula is C20H27N3O2. The van der Waals surface area contributed by atoms with Gasteiger partial charge in [0.25, 0.3) is 0 Å². The quantitative estimate of drug-likeness (QED) is 0.897. The number of rotatable bonds is 5. The second-order valence-corrected chi connectivity index (χ2v) is 6.77. The second-order valence-electron chi connectivity index (χ2n) is 6.77. The number of nitrogens with one attached hydrogen (secondary N) is 1. The molecule has 1 saturated heterocycles. The molecular weight excluding hydrogens is 314 g/mol. The first-order chi connectivity index (χ1) is 12.1. The van der Waals surface area contributed by atoms with Crippen LogP contribution in [-0.4, -0.2) is 34.7 Å². The first-order valence-electron chi connectivity index (χ1n) is 9.02. The predicted octanol–water partition coefficient (Wildman–Crippen LogP) is 3.89. The Balaban J connectivity index is 1.86. The highest BCUT2D eigenvalue weighted by Gasteiger charge is 2.36. The summed E-state index contributed by atoms with van der Waals surface area (Å²) < 4.78 is 5.23. The third-order valence-electron chi connectivity index (χ3n) is 5.28. The zero-order chi connectivity index (χ0) is 18.0. The summed E-state index contributed by atoms with van der Waals surface area (Å²) in [5, 5.41) is 7.38. The minimum absolute atomic E-state index is 0.112. The smallest absolute Gasteiger partial charge is 0.230 e. The molecule has 25 heavy (non-hydrogen) atoms. The minimum atomic E-state index is -0.112. The molecule has 3 rings (SSSR count). The minimum Gasteiger partial charge on any atom is -0.497 e. The van der Waals surface area contributed by atoms with Gasteiger partial charge in [-0.05, 0) is 50.8 Å². The Hall–Kier alpha value is -2.30. The number of hydrogen-bond acceptors (Lipinski definition) is 3. The van der Waals surface area contributed by atoms with Crippen molar-refractivity contribution in [1.82, 2.24) is 15.1 Å². The number of amides is 1. The highest BCUT2D eigenvalue weighted by molar-refractivity contribution is 5.84. The van der Waals surface area contributed by atoms with Crippen LogP contribution in [0.3, 0.4) is 0 Å². The monoisotopic (exact) mass is 341 g/mol. The number of likely N-dealkylation sites (tertiary alicyclic amines) is 1. The summed E-state index contributed by atoms with van der Waals surface area (Å²) in [5.74, 6) is 0.920. The van der Waals surface area contributed by atoms with Crippen LogP contribution in [-0.2, 0) is 4.79 Å². The van der Waals surface area contributed by atoms with Crippen LogP contribution in [0, 0.1) is 13.8 Å². The van der Waals surface area contributed by atoms with Crippen molar-refractivity contribution in [2.24, 2.45) is 0 Å². The van der Waals surface area contributed by atoms with Gasteiger partial charge in [0.15, 0.2) is 0 Å². The molecule has 0 unspecified atom stereocenters. The van der Waals surface area contributed by atoms with Crippen molar-refractivity contribution in [3.8, 4) is 5.75 Å². The van der Waals surface area contributed by atoms with Gasteiger partial charge in [0.2, 0.25) is 5.91 Å². The maximum absolute atomic E-state index is 13.3. The fourth-order valence-electron chi connectivity index (χ4n) is 3.97. The molecule has 1 fully saturated rings. The van der Waals surface area contributed by atoms with E-state index in [1.807, 2.05) is 38.1 Å². The van der Waals surface area contributed by atoms with Gasteiger partial charge in [-0.15, -0.1) is 0 Å². The normalized spacial score (nSPS) is 18.4. The van der Waals surface area contributed by atoms with Crippen molar-refractivity contribution in [3.05, 3.63) is 46.8 Å². The SMILES string of the molecule is CC[C@@H](C(=O)N1CCC[C@@H]1c1c(C)n[nH]c1C)c1ccc(OC)cc1. The van der Waals surface area contributed by atoms with Crippen LogP contribution >= 0.6 is 0 Å². The third kappa shape index (κ3) is 3.28. The molecule has 0 bridgehead atoms. The molecule has 134 valence electrons. The van der Waals surface area contributed by atoms with E-state index < -0.39 is 0 Å². The zero-order valence-corrected chi connectivity index (χ0v) is 15.5. The molecule has 5 heteroatoms. The maximum atomic E-state index is 13.3. The summed E-state index contributed by atoms with van der Waals surface area (Å²) in [6.45, 7) is 6.95. The molecule has 5 nitrogen and oxygen atoms in total. The Bertz CT molecular complexity index is 716. The lowest BCUT2D eigenvalue weighted by molar-refractivity contribution is -0.133. The highest BCUT2D eigenvalue weighted by Crippen LogP contribution is 2.37. The number of carbonyl (C=O) groups excluding carboxylic acids is 1. The molecule has 2 heterocycles. The standard InChI is InChI=1S/C20H27N3O2/c1-5-17(15-8-10-16(25-4)11-9-15)20(24)23-12-6-7-18(23)19-13(2)21-22-14(19)3/h8-11,17-18H,5-7,12H2,1-4H3,(H,21,22)/t17-,18-/m1/s1. The van der Waals surface area contributed by atoms with Crippen molar-refractivity contribution in [3.63, 3.8) is 0 Å². The van der Waals surface area contributed by atoms with Gasteiger partial charge in [-0.3, -0.25) is 9.89 Å². The van der Waals surface area contributed by atoms with Crippen LogP contribution in [0.15, 0.2) is 24.3 Å². The second kappa shape index (κ2) is 7.30. The summed E-state index contributed by atoms with van der Waals surface area (Å²) >= 11 is 0. The predicted molar refractivity (Wildman–Crippen MR) is 97.8 cm³/mol. The van der Waals surface area contributed by atoms with Crippen molar-refractivity contribution in [2.75, 3.05) is 13.7 Å². The van der Waals surface area contributed by atoms with Crippen LogP contribution in [0.25, 0.3) is 0 Å². The van der Waals surface area contributed by atoms with E-state index in [1.165, 1.54) is 5.56 Å². The lowest BCUT2D eigenvalue weighted by atomic mass is 9.93. The molecule has 0 radical (unpaired) electrons. The average molecular weight is 341 g/mol. The number of carbonyl (C=O) groups is 1. The van der Waals surface area contributed by atoms with Gasteiger partial charge in [-0.25, -0.2) is 0 Å². The number of aromatic nitrogens is 2. The fourth-order valence-corrected chi connectivity index (χ4v) is 3.97. The Morgan fingerprint density at radius 3 is 2.64 bits per heavy atom. The summed E-state index contributed by atoms with van der Waals surface area (Å²) in [7, 11) is 1.65. The van der Waals surface area contributed by atoms with Gasteiger partial charge in [0.1, 0.15) is 5.75 Å². The summed E-state index contributed by atoms with van der Waals surface area (Å²) in [4.78, 5) is 15.4. The first kappa shape index (κ1) is 17.5. The Labute approximate surface area is 149 Å². The van der Waals surface area contributed by atoms with Gasteiger partial charge in [-0.1, -0.05) is 19.1 Å². The lowest BCUT2D eigenvalue weighted by Gasteiger charge is -2.29. The number of nitrogens with zero attached hydrogens (tertiary/aromatic N) is 2. The van der Waals surface area contributed by atoms with Crippen LogP contribution in [0.4, 0.5) is 0 Å². The summed E-state index contributed by atoms with van der Waals surface area (Å²) in [5.41, 5.74) is 4.31. The zero-order valence-electron chi connectivity index (χ0n) is 15.5. The van der Waals surface area contributed by atoms with Gasteiger partial charge in [-0.2, -0.15) is 5.10 Å². The van der Waals surface area contributed by atoms with Gasteiger partial charge in [0.05, 0.1) is 24.8 Å². The molecule has 1 amide bonds. The van der Waals surface area contributed by atoms with Crippen LogP contribution in [0.5, 0.6) is 5.75 Å². The van der Waals surface area contributed by atoms with Crippen molar-refractivity contribution >= 4 is 5.91 Å². The van der Waals surface area contributed by atoms with E-state index in [2.05, 4.69) is 22.0 Å². The van der Waals surface area contributed by atoms with Crippen LogP contribution in [0.1, 0.15) is 60.7 Å². The van der Waals surface area contributed by atoms with E-state index in [0.717, 1.165) is 48.5 Å². The van der Waals surface area contributed by atoms with E-state index in [-0.39, 0.29) is 17.9 Å². The number of methoxy groups -OCH3 is 1. The molecule has 2 aromatic rings. The Kier molecular flexibility index (Phi) is 5.11. The van der Waals surface area contributed by atoms with Crippen molar-refractivity contribution in [2.45, 2.75) is 52.0 Å². The first-order valence-corrected chi connectivity index (χ1v) is 9.02. The van der Waals surface area contributed by atoms with E-state index in [1.54, 1.807) is 7.11 Å². The molecule has 1 aliphatic rings. The molecule has 2 atom stereocenters. The Morgan fingerprint density at radius 2 is 2.08 bits per heavy atom. The summed E-state index contributed by atoms with van der Waals surface area (Å²) in [6, 6.07) is 8.00. The maximum Gasteiger partial charge on any atom is 0.230 e. The van der Waals surface area contributed by atoms with Crippen molar-refractivity contribution < 1.29 is 9.53 Å². The molecule has 1 aromatic heterocycles. The van der Waals surface area contributed by atoms with Crippen LogP contribution < -0.4 is 4.74 Å². The van der Waals surface area contributed by atoms with E-state index in [0.29, 0.717) is 0 Å². The lowest BCUT2D eigenvalue weighted by Crippen LogP contribution is -2.35. The van der Waals surface area contributed by atoms with Crippen LogP contribution in [0.2, 0.25) is 0 Å². The number of aryl methyl sites for hydroxylation is 2. The van der Waals surface area contributed by atoms with Gasteiger partial charge >= 0.3 is 0 Å². The number of aromatic amines is 1. The third-order valence-corrected chi connectivity index (χ3v) is 5.28. The number of H-pyrrole nitrogens is 1. The molecule has 0 aliphatic carbocycles. The highest BCUT2D eigenvalue weighted by atomic mass is 16.5. The van der Waals surface area contributed by atoms with Crippen molar-refractivity contribution in [1.29, 1.82) is 0 Å². The van der Waals surface area contributed by atoms with E-state index in [9.17, 15) is 4.79 Å². The fraction of sp³-hybridized carbons (Fsp3) is 0.500. The molecule has 0 saturated carbocycles.